The van der Waals surface area contributed by atoms with Gasteiger partial charge in [0.25, 0.3) is 5.91 Å². The number of nitrogen functional groups attached to an aromatic ring is 1. The first-order valence-electron chi connectivity index (χ1n) is 6.03. The van der Waals surface area contributed by atoms with Crippen LogP contribution in [-0.4, -0.2) is 28.4 Å². The molecule has 1 unspecified atom stereocenters. The summed E-state index contributed by atoms with van der Waals surface area (Å²) in [5.74, 6) is -0.634. The van der Waals surface area contributed by atoms with Crippen molar-refractivity contribution in [2.45, 2.75) is 39.3 Å². The SMILES string of the molecule is CC(NC(=O)c1ccncc1N)C(=O)NC(C)(C)C. The van der Waals surface area contributed by atoms with Crippen molar-refractivity contribution in [1.29, 1.82) is 0 Å². The molecule has 0 aliphatic heterocycles. The van der Waals surface area contributed by atoms with Gasteiger partial charge in [-0.15, -0.1) is 0 Å². The molecular formula is C13H20N4O2. The van der Waals surface area contributed by atoms with E-state index in [4.69, 9.17) is 5.73 Å². The van der Waals surface area contributed by atoms with E-state index >= 15 is 0 Å². The average molecular weight is 264 g/mol. The summed E-state index contributed by atoms with van der Waals surface area (Å²) < 4.78 is 0. The van der Waals surface area contributed by atoms with E-state index in [0.717, 1.165) is 0 Å². The van der Waals surface area contributed by atoms with Crippen LogP contribution in [0.4, 0.5) is 5.69 Å². The van der Waals surface area contributed by atoms with Gasteiger partial charge in [0.1, 0.15) is 6.04 Å². The van der Waals surface area contributed by atoms with Crippen molar-refractivity contribution < 1.29 is 9.59 Å². The van der Waals surface area contributed by atoms with E-state index in [1.165, 1.54) is 18.5 Å². The van der Waals surface area contributed by atoms with Crippen molar-refractivity contribution in [3.63, 3.8) is 0 Å². The van der Waals surface area contributed by atoms with E-state index in [1.807, 2.05) is 20.8 Å². The summed E-state index contributed by atoms with van der Waals surface area (Å²) in [5, 5.41) is 5.39. The number of nitrogens with zero attached hydrogens (tertiary/aromatic N) is 1. The van der Waals surface area contributed by atoms with Gasteiger partial charge in [-0.3, -0.25) is 14.6 Å². The maximum absolute atomic E-state index is 11.9. The number of anilines is 1. The molecule has 19 heavy (non-hydrogen) atoms. The summed E-state index contributed by atoms with van der Waals surface area (Å²) in [6.45, 7) is 7.25. The maximum Gasteiger partial charge on any atom is 0.254 e. The lowest BCUT2D eigenvalue weighted by atomic mass is 10.1. The van der Waals surface area contributed by atoms with Crippen LogP contribution in [0.3, 0.4) is 0 Å². The van der Waals surface area contributed by atoms with Gasteiger partial charge < -0.3 is 16.4 Å². The summed E-state index contributed by atoms with van der Waals surface area (Å²) in [6, 6.07) is 0.873. The Labute approximate surface area is 112 Å². The molecule has 0 saturated heterocycles. The number of hydrogen-bond donors (Lipinski definition) is 3. The van der Waals surface area contributed by atoms with Crippen LogP contribution in [0.25, 0.3) is 0 Å². The smallest absolute Gasteiger partial charge is 0.254 e. The fourth-order valence-electron chi connectivity index (χ4n) is 1.43. The molecule has 1 rings (SSSR count). The Hall–Kier alpha value is -2.11. The molecule has 104 valence electrons. The van der Waals surface area contributed by atoms with Crippen LogP contribution in [0.1, 0.15) is 38.1 Å². The molecule has 0 fully saturated rings. The molecule has 0 bridgehead atoms. The van der Waals surface area contributed by atoms with Gasteiger partial charge in [-0.05, 0) is 33.8 Å². The Balaban J connectivity index is 2.67. The third kappa shape index (κ3) is 4.57. The normalized spacial score (nSPS) is 12.6. The van der Waals surface area contributed by atoms with Gasteiger partial charge in [0.15, 0.2) is 0 Å². The number of amides is 2. The molecule has 0 radical (unpaired) electrons. The van der Waals surface area contributed by atoms with Crippen LogP contribution in [0.5, 0.6) is 0 Å². The second-order valence-corrected chi connectivity index (χ2v) is 5.40. The minimum absolute atomic E-state index is 0.242. The first kappa shape index (κ1) is 14.9. The van der Waals surface area contributed by atoms with E-state index < -0.39 is 11.9 Å². The zero-order valence-electron chi connectivity index (χ0n) is 11.7. The zero-order valence-corrected chi connectivity index (χ0v) is 11.7. The average Bonchev–Trinajstić information content (AvgIpc) is 2.27. The molecular weight excluding hydrogens is 244 g/mol. The van der Waals surface area contributed by atoms with Gasteiger partial charge >= 0.3 is 0 Å². The monoisotopic (exact) mass is 264 g/mol. The van der Waals surface area contributed by atoms with E-state index in [2.05, 4.69) is 15.6 Å². The highest BCUT2D eigenvalue weighted by Gasteiger charge is 2.21. The molecule has 0 spiro atoms. The van der Waals surface area contributed by atoms with Crippen LogP contribution in [0.15, 0.2) is 18.5 Å². The van der Waals surface area contributed by atoms with E-state index in [0.29, 0.717) is 5.56 Å². The van der Waals surface area contributed by atoms with Crippen LogP contribution >= 0.6 is 0 Å². The predicted molar refractivity (Wildman–Crippen MR) is 73.5 cm³/mol. The lowest BCUT2D eigenvalue weighted by Gasteiger charge is -2.23. The largest absolute Gasteiger partial charge is 0.397 e. The minimum Gasteiger partial charge on any atom is -0.397 e. The van der Waals surface area contributed by atoms with Crippen molar-refractivity contribution in [2.24, 2.45) is 0 Å². The molecule has 0 aliphatic rings. The van der Waals surface area contributed by atoms with E-state index in [1.54, 1.807) is 6.92 Å². The van der Waals surface area contributed by atoms with Crippen LogP contribution in [0.2, 0.25) is 0 Å². The van der Waals surface area contributed by atoms with Crippen molar-refractivity contribution in [1.82, 2.24) is 15.6 Å². The Kier molecular flexibility index (Phi) is 4.47. The van der Waals surface area contributed by atoms with E-state index in [-0.39, 0.29) is 17.1 Å². The third-order valence-electron chi connectivity index (χ3n) is 2.34. The fraction of sp³-hybridized carbons (Fsp3) is 0.462. The Morgan fingerprint density at radius 2 is 2.00 bits per heavy atom. The van der Waals surface area contributed by atoms with Crippen molar-refractivity contribution >= 4 is 17.5 Å². The molecule has 0 saturated carbocycles. The standard InChI is InChI=1S/C13H20N4O2/c1-8(11(18)17-13(2,3)4)16-12(19)9-5-6-15-7-10(9)14/h5-8H,14H2,1-4H3,(H,16,19)(H,17,18). The summed E-state index contributed by atoms with van der Waals surface area (Å²) in [7, 11) is 0. The summed E-state index contributed by atoms with van der Waals surface area (Å²) in [5.41, 5.74) is 5.90. The molecule has 0 aromatic carbocycles. The van der Waals surface area contributed by atoms with Gasteiger partial charge in [0, 0.05) is 11.7 Å². The fourth-order valence-corrected chi connectivity index (χ4v) is 1.43. The van der Waals surface area contributed by atoms with Crippen LogP contribution in [0, 0.1) is 0 Å². The number of aromatic nitrogens is 1. The highest BCUT2D eigenvalue weighted by atomic mass is 16.2. The number of nitrogens with one attached hydrogen (secondary N) is 2. The van der Waals surface area contributed by atoms with Crippen molar-refractivity contribution in [3.05, 3.63) is 24.0 Å². The summed E-state index contributed by atoms with van der Waals surface area (Å²) in [4.78, 5) is 27.6. The third-order valence-corrected chi connectivity index (χ3v) is 2.34. The van der Waals surface area contributed by atoms with Crippen molar-refractivity contribution in [2.75, 3.05) is 5.73 Å². The number of pyridine rings is 1. The Morgan fingerprint density at radius 3 is 2.53 bits per heavy atom. The second-order valence-electron chi connectivity index (χ2n) is 5.40. The minimum atomic E-state index is -0.640. The number of carbonyl (C=O) groups excluding carboxylic acids is 2. The molecule has 1 atom stereocenters. The molecule has 1 aromatic heterocycles. The number of hydrogen-bond acceptors (Lipinski definition) is 4. The first-order valence-corrected chi connectivity index (χ1v) is 6.03. The highest BCUT2D eigenvalue weighted by molar-refractivity contribution is 6.01. The molecule has 0 aliphatic carbocycles. The number of rotatable bonds is 3. The molecule has 2 amide bonds. The molecule has 6 nitrogen and oxygen atoms in total. The first-order chi connectivity index (χ1) is 8.70. The van der Waals surface area contributed by atoms with Crippen molar-refractivity contribution in [3.8, 4) is 0 Å². The van der Waals surface area contributed by atoms with Crippen LogP contribution < -0.4 is 16.4 Å². The highest BCUT2D eigenvalue weighted by Crippen LogP contribution is 2.08. The Bertz CT molecular complexity index is 480. The number of carbonyl (C=O) groups is 2. The number of nitrogens with two attached hydrogens (primary N) is 1. The quantitative estimate of drug-likeness (QED) is 0.748. The molecule has 6 heteroatoms. The molecule has 1 aromatic rings. The lowest BCUT2D eigenvalue weighted by Crippen LogP contribution is -2.50. The van der Waals surface area contributed by atoms with Gasteiger partial charge in [0.2, 0.25) is 5.91 Å². The predicted octanol–water partition coefficient (Wildman–Crippen LogP) is 0.697. The van der Waals surface area contributed by atoms with E-state index in [9.17, 15) is 9.59 Å². The van der Waals surface area contributed by atoms with Gasteiger partial charge in [0.05, 0.1) is 17.4 Å². The molecule has 4 N–H and O–H groups in total. The lowest BCUT2D eigenvalue weighted by molar-refractivity contribution is -0.124. The van der Waals surface area contributed by atoms with Gasteiger partial charge in [-0.2, -0.15) is 0 Å². The second kappa shape index (κ2) is 5.69. The molecule has 1 heterocycles. The zero-order chi connectivity index (χ0) is 14.6. The Morgan fingerprint density at radius 1 is 1.37 bits per heavy atom. The topological polar surface area (TPSA) is 97.1 Å². The van der Waals surface area contributed by atoms with Crippen LogP contribution in [-0.2, 0) is 4.79 Å². The summed E-state index contributed by atoms with van der Waals surface area (Å²) in [6.07, 6.45) is 2.87. The summed E-state index contributed by atoms with van der Waals surface area (Å²) >= 11 is 0. The van der Waals surface area contributed by atoms with Gasteiger partial charge in [-0.25, -0.2) is 0 Å². The van der Waals surface area contributed by atoms with Gasteiger partial charge in [-0.1, -0.05) is 0 Å². The maximum atomic E-state index is 11.9.